The zero-order valence-electron chi connectivity index (χ0n) is 27.8. The average Bonchev–Trinajstić information content (AvgIpc) is 3.82. The van der Waals surface area contributed by atoms with Gasteiger partial charge < -0.3 is 18.3 Å². The molecule has 0 saturated carbocycles. The van der Waals surface area contributed by atoms with Crippen molar-refractivity contribution in [1.29, 1.82) is 0 Å². The standard InChI is InChI=1S/C42H30N6O.Pt/c1-26-11-9-18-37-40(26)44-41-47(37)36-20-19-29(49-28-13-10-12-27(21-28)46-25-45(4)34-16-7-8-17-35(34)46)22-38(36)48(41)39-23-33-31(24-43-39)30-14-5-6-15-32(30)42(33,2)3;/h5-20,23-24H,1-4H3;/q-2;. The van der Waals surface area contributed by atoms with Crippen molar-refractivity contribution in [1.82, 2.24) is 23.5 Å². The normalized spacial score (nSPS) is 13.2. The summed E-state index contributed by atoms with van der Waals surface area (Å²) in [6.07, 6.45) is 5.40. The number of pyridine rings is 1. The molecule has 4 heterocycles. The van der Waals surface area contributed by atoms with Crippen LogP contribution in [-0.4, -0.2) is 23.5 Å². The Hall–Kier alpha value is -5.52. The van der Waals surface area contributed by atoms with Crippen LogP contribution in [0.25, 0.3) is 61.5 Å². The molecule has 246 valence electrons. The van der Waals surface area contributed by atoms with Gasteiger partial charge in [-0.2, -0.15) is 12.1 Å². The van der Waals surface area contributed by atoms with Gasteiger partial charge in [0.15, 0.2) is 0 Å². The third-order valence-corrected chi connectivity index (χ3v) is 10.0. The molecule has 50 heavy (non-hydrogen) atoms. The fraction of sp³-hybridized carbons (Fsp3) is 0.119. The molecule has 4 aromatic heterocycles. The maximum Gasteiger partial charge on any atom is 0.242 e. The van der Waals surface area contributed by atoms with Crippen molar-refractivity contribution in [3.8, 4) is 34.1 Å². The van der Waals surface area contributed by atoms with Gasteiger partial charge in [-0.1, -0.05) is 80.2 Å². The van der Waals surface area contributed by atoms with Crippen LogP contribution < -0.4 is 9.30 Å². The second-order valence-corrected chi connectivity index (χ2v) is 13.3. The number of imidazole rings is 3. The molecule has 0 amide bonds. The zero-order chi connectivity index (χ0) is 33.0. The summed E-state index contributed by atoms with van der Waals surface area (Å²) in [5, 5.41) is 0. The predicted octanol–water partition coefficient (Wildman–Crippen LogP) is 8.40. The molecule has 7 nitrogen and oxygen atoms in total. The van der Waals surface area contributed by atoms with Crippen LogP contribution in [0, 0.1) is 25.4 Å². The number of hydrogen-bond acceptors (Lipinski definition) is 3. The van der Waals surface area contributed by atoms with Crippen molar-refractivity contribution in [2.45, 2.75) is 26.2 Å². The van der Waals surface area contributed by atoms with Crippen molar-refractivity contribution < 1.29 is 30.4 Å². The van der Waals surface area contributed by atoms with Crippen molar-refractivity contribution in [3.63, 3.8) is 0 Å². The van der Waals surface area contributed by atoms with E-state index >= 15 is 0 Å². The fourth-order valence-electron chi connectivity index (χ4n) is 7.63. The molecular weight excluding hydrogens is 800 g/mol. The average molecular weight is 830 g/mol. The Morgan fingerprint density at radius 2 is 1.54 bits per heavy atom. The van der Waals surface area contributed by atoms with Crippen LogP contribution in [0.2, 0.25) is 0 Å². The van der Waals surface area contributed by atoms with Gasteiger partial charge in [-0.3, -0.25) is 4.57 Å². The van der Waals surface area contributed by atoms with E-state index in [0.717, 1.165) is 55.9 Å². The number of fused-ring (bicyclic) bond motifs is 9. The van der Waals surface area contributed by atoms with Crippen LogP contribution >= 0.6 is 0 Å². The first-order valence-corrected chi connectivity index (χ1v) is 16.4. The third-order valence-electron chi connectivity index (χ3n) is 10.0. The molecule has 9 aromatic rings. The first kappa shape index (κ1) is 30.5. The molecule has 0 radical (unpaired) electrons. The van der Waals surface area contributed by atoms with Gasteiger partial charge in [0, 0.05) is 49.7 Å². The second kappa shape index (κ2) is 11.0. The van der Waals surface area contributed by atoms with Crippen LogP contribution in [0.15, 0.2) is 109 Å². The maximum absolute atomic E-state index is 6.48. The molecule has 0 aliphatic heterocycles. The minimum atomic E-state index is -0.169. The molecule has 1 aliphatic rings. The second-order valence-electron chi connectivity index (χ2n) is 13.3. The molecule has 0 saturated heterocycles. The topological polar surface area (TPSA) is 53.2 Å². The molecule has 5 aromatic carbocycles. The van der Waals surface area contributed by atoms with Gasteiger partial charge in [0.05, 0.1) is 29.1 Å². The number of aromatic nitrogens is 6. The Morgan fingerprint density at radius 3 is 2.44 bits per heavy atom. The molecular formula is C42H30N6OPt-2. The van der Waals surface area contributed by atoms with Crippen molar-refractivity contribution in [2.24, 2.45) is 7.05 Å². The molecule has 10 rings (SSSR count). The molecule has 0 unspecified atom stereocenters. The van der Waals surface area contributed by atoms with E-state index in [2.05, 4.69) is 115 Å². The van der Waals surface area contributed by atoms with Gasteiger partial charge in [-0.15, -0.1) is 30.3 Å². The van der Waals surface area contributed by atoms with Crippen molar-refractivity contribution >= 4 is 38.9 Å². The van der Waals surface area contributed by atoms with Gasteiger partial charge in [0.1, 0.15) is 5.82 Å². The van der Waals surface area contributed by atoms with E-state index in [-0.39, 0.29) is 26.5 Å². The quantitative estimate of drug-likeness (QED) is 0.132. The predicted molar refractivity (Wildman–Crippen MR) is 191 cm³/mol. The molecule has 0 spiro atoms. The number of para-hydroxylation sites is 3. The minimum absolute atomic E-state index is 0. The Balaban J connectivity index is 0.00000336. The van der Waals surface area contributed by atoms with Crippen molar-refractivity contribution in [2.75, 3.05) is 0 Å². The van der Waals surface area contributed by atoms with Crippen LogP contribution in [0.5, 0.6) is 11.5 Å². The smallest absolute Gasteiger partial charge is 0.242 e. The minimum Gasteiger partial charge on any atom is -0.510 e. The summed E-state index contributed by atoms with van der Waals surface area (Å²) in [5.41, 5.74) is 12.7. The summed E-state index contributed by atoms with van der Waals surface area (Å²) in [5.74, 6) is 2.73. The molecule has 0 N–H and O–H groups in total. The molecule has 8 heteroatoms. The summed E-state index contributed by atoms with van der Waals surface area (Å²) in [4.78, 5) is 10.3. The number of aryl methyl sites for hydroxylation is 2. The van der Waals surface area contributed by atoms with Gasteiger partial charge in [-0.25, -0.2) is 9.97 Å². The van der Waals surface area contributed by atoms with E-state index in [1.54, 1.807) is 0 Å². The van der Waals surface area contributed by atoms with E-state index in [4.69, 9.17) is 14.7 Å². The SMILES string of the molecule is Cc1cccc2c1nc1n(-c3cc4c(cn3)-c3ccccc3C4(C)C)c3[c-]c(Oc4[c-]c(-n5[c-][n+](C)c6ccccc65)ccc4)ccc3n21.[Pt]. The molecule has 0 bridgehead atoms. The molecule has 0 atom stereocenters. The maximum atomic E-state index is 6.48. The van der Waals surface area contributed by atoms with Gasteiger partial charge in [-0.05, 0) is 52.3 Å². The summed E-state index contributed by atoms with van der Waals surface area (Å²) < 4.78 is 14.8. The van der Waals surface area contributed by atoms with E-state index in [1.807, 2.05) is 58.8 Å². The Morgan fingerprint density at radius 1 is 0.760 bits per heavy atom. The Bertz CT molecular complexity index is 2820. The van der Waals surface area contributed by atoms with E-state index in [9.17, 15) is 0 Å². The summed E-state index contributed by atoms with van der Waals surface area (Å²) >= 11 is 0. The van der Waals surface area contributed by atoms with Crippen LogP contribution in [0.3, 0.4) is 0 Å². The monoisotopic (exact) mass is 829 g/mol. The molecule has 1 aliphatic carbocycles. The van der Waals surface area contributed by atoms with Crippen molar-refractivity contribution in [3.05, 3.63) is 144 Å². The Labute approximate surface area is 303 Å². The van der Waals surface area contributed by atoms with E-state index in [0.29, 0.717) is 11.5 Å². The zero-order valence-corrected chi connectivity index (χ0v) is 30.1. The summed E-state index contributed by atoms with van der Waals surface area (Å²) in [6, 6.07) is 42.4. The summed E-state index contributed by atoms with van der Waals surface area (Å²) in [7, 11) is 2.00. The summed E-state index contributed by atoms with van der Waals surface area (Å²) in [6.45, 7) is 6.68. The third kappa shape index (κ3) is 4.29. The van der Waals surface area contributed by atoms with Gasteiger partial charge >= 0.3 is 0 Å². The van der Waals surface area contributed by atoms with Gasteiger partial charge in [0.25, 0.3) is 0 Å². The first-order chi connectivity index (χ1) is 23.9. The number of benzene rings is 5. The van der Waals surface area contributed by atoms with Crippen LogP contribution in [0.1, 0.15) is 30.5 Å². The van der Waals surface area contributed by atoms with E-state index in [1.165, 1.54) is 22.3 Å². The number of ether oxygens (including phenoxy) is 1. The number of nitrogens with zero attached hydrogens (tertiary/aromatic N) is 6. The largest absolute Gasteiger partial charge is 0.510 e. The van der Waals surface area contributed by atoms with Crippen LogP contribution in [-0.2, 0) is 33.5 Å². The van der Waals surface area contributed by atoms with Crippen LogP contribution in [0.4, 0.5) is 0 Å². The number of hydrogen-bond donors (Lipinski definition) is 0. The van der Waals surface area contributed by atoms with E-state index < -0.39 is 0 Å². The Kier molecular flexibility index (Phi) is 6.71. The molecule has 0 fully saturated rings. The van der Waals surface area contributed by atoms with Gasteiger partial charge in [0.2, 0.25) is 12.1 Å². The number of rotatable bonds is 4. The first-order valence-electron chi connectivity index (χ1n) is 16.4. The fourth-order valence-corrected chi connectivity index (χ4v) is 7.63.